The van der Waals surface area contributed by atoms with Gasteiger partial charge in [0.15, 0.2) is 0 Å². The normalized spacial score (nSPS) is 9.94. The zero-order valence-electron chi connectivity index (χ0n) is 9.38. The Bertz CT molecular complexity index is 538. The number of rotatable bonds is 3. The van der Waals surface area contributed by atoms with Crippen molar-refractivity contribution in [1.29, 1.82) is 0 Å². The Morgan fingerprint density at radius 3 is 2.76 bits per heavy atom. The molecule has 1 aromatic heterocycles. The number of nitrogens with zero attached hydrogens (tertiary/aromatic N) is 1. The molecule has 1 heterocycles. The summed E-state index contributed by atoms with van der Waals surface area (Å²) in [5.74, 6) is 0.343. The molecule has 0 aliphatic rings. The average Bonchev–Trinajstić information content (AvgIpc) is 2.39. The van der Waals surface area contributed by atoms with Gasteiger partial charge < -0.3 is 10.5 Å². The second kappa shape index (κ2) is 4.65. The summed E-state index contributed by atoms with van der Waals surface area (Å²) in [6, 6.07) is 10.1. The summed E-state index contributed by atoms with van der Waals surface area (Å²) in [5, 5.41) is 0. The summed E-state index contributed by atoms with van der Waals surface area (Å²) >= 11 is 0. The van der Waals surface area contributed by atoms with Gasteiger partial charge in [-0.25, -0.2) is 0 Å². The third kappa shape index (κ3) is 2.25. The minimum atomic E-state index is -0.149. The van der Waals surface area contributed by atoms with Crippen LogP contribution in [0.1, 0.15) is 16.1 Å². The summed E-state index contributed by atoms with van der Waals surface area (Å²) in [4.78, 5) is 16.1. The molecule has 17 heavy (non-hydrogen) atoms. The van der Waals surface area contributed by atoms with Crippen LogP contribution in [0.4, 0.5) is 5.69 Å². The first-order chi connectivity index (χ1) is 8.22. The van der Waals surface area contributed by atoms with Crippen molar-refractivity contribution >= 4 is 11.5 Å². The second-order valence-corrected chi connectivity index (χ2v) is 3.50. The number of benzene rings is 1. The van der Waals surface area contributed by atoms with E-state index in [1.165, 1.54) is 7.11 Å². The fourth-order valence-corrected chi connectivity index (χ4v) is 1.50. The lowest BCUT2D eigenvalue weighted by molar-refractivity contribution is 0.103. The number of ether oxygens (including phenoxy) is 1. The number of hydrogen-bond acceptors (Lipinski definition) is 4. The number of anilines is 1. The first kappa shape index (κ1) is 11.1. The first-order valence-electron chi connectivity index (χ1n) is 5.11. The number of carbonyl (C=O) groups excluding carboxylic acids is 1. The Morgan fingerprint density at radius 1 is 1.29 bits per heavy atom. The first-order valence-corrected chi connectivity index (χ1v) is 5.11. The maximum Gasteiger partial charge on any atom is 0.211 e. The Morgan fingerprint density at radius 2 is 2.12 bits per heavy atom. The fourth-order valence-electron chi connectivity index (χ4n) is 1.50. The number of ketones is 1. The van der Waals surface area contributed by atoms with Gasteiger partial charge in [-0.2, -0.15) is 0 Å². The van der Waals surface area contributed by atoms with Crippen LogP contribution >= 0.6 is 0 Å². The van der Waals surface area contributed by atoms with E-state index in [2.05, 4.69) is 4.98 Å². The van der Waals surface area contributed by atoms with Crippen molar-refractivity contribution in [3.63, 3.8) is 0 Å². The molecule has 86 valence electrons. The van der Waals surface area contributed by atoms with E-state index >= 15 is 0 Å². The number of nitrogen functional groups attached to an aromatic ring is 1. The minimum absolute atomic E-state index is 0.149. The highest BCUT2D eigenvalue weighted by Gasteiger charge is 2.11. The molecule has 0 fully saturated rings. The molecule has 0 saturated heterocycles. The molecule has 2 aromatic rings. The number of nitrogens with two attached hydrogens (primary N) is 1. The second-order valence-electron chi connectivity index (χ2n) is 3.50. The van der Waals surface area contributed by atoms with E-state index < -0.39 is 0 Å². The van der Waals surface area contributed by atoms with Crippen LogP contribution in [-0.2, 0) is 0 Å². The molecule has 0 unspecified atom stereocenters. The van der Waals surface area contributed by atoms with E-state index in [-0.39, 0.29) is 5.78 Å². The van der Waals surface area contributed by atoms with Crippen molar-refractivity contribution in [2.45, 2.75) is 0 Å². The molecule has 4 heteroatoms. The maximum absolute atomic E-state index is 12.1. The molecule has 0 aliphatic carbocycles. The highest BCUT2D eigenvalue weighted by molar-refractivity contribution is 6.08. The highest BCUT2D eigenvalue weighted by Crippen LogP contribution is 2.23. The number of methoxy groups -OCH3 is 1. The molecular weight excluding hydrogens is 216 g/mol. The lowest BCUT2D eigenvalue weighted by atomic mass is 10.1. The summed E-state index contributed by atoms with van der Waals surface area (Å²) < 4.78 is 5.07. The van der Waals surface area contributed by atoms with Crippen LogP contribution in [0.15, 0.2) is 42.6 Å². The topological polar surface area (TPSA) is 65.2 Å². The molecule has 0 atom stereocenters. The van der Waals surface area contributed by atoms with Crippen molar-refractivity contribution in [3.05, 3.63) is 53.9 Å². The van der Waals surface area contributed by atoms with Crippen molar-refractivity contribution in [2.24, 2.45) is 0 Å². The SMILES string of the molecule is COc1cc(C(=O)c2ccccn2)ccc1N. The standard InChI is InChI=1S/C13H12N2O2/c1-17-12-8-9(5-6-10(12)14)13(16)11-4-2-3-7-15-11/h2-8H,14H2,1H3. The van der Waals surface area contributed by atoms with E-state index in [1.54, 1.807) is 42.6 Å². The van der Waals surface area contributed by atoms with Gasteiger partial charge in [0.25, 0.3) is 0 Å². The quantitative estimate of drug-likeness (QED) is 0.643. The van der Waals surface area contributed by atoms with Gasteiger partial charge in [0.1, 0.15) is 11.4 Å². The molecule has 2 rings (SSSR count). The molecule has 2 N–H and O–H groups in total. The third-order valence-electron chi connectivity index (χ3n) is 2.39. The Hall–Kier alpha value is -2.36. The van der Waals surface area contributed by atoms with Gasteiger partial charge in [0.2, 0.25) is 5.78 Å². The number of carbonyl (C=O) groups is 1. The maximum atomic E-state index is 12.1. The molecule has 0 spiro atoms. The van der Waals surface area contributed by atoms with Crippen LogP contribution in [0.25, 0.3) is 0 Å². The van der Waals surface area contributed by atoms with Crippen LogP contribution in [0.5, 0.6) is 5.75 Å². The van der Waals surface area contributed by atoms with Crippen LogP contribution in [-0.4, -0.2) is 17.9 Å². The van der Waals surface area contributed by atoms with E-state index in [0.717, 1.165) is 0 Å². The summed E-state index contributed by atoms with van der Waals surface area (Å²) in [6.45, 7) is 0. The van der Waals surface area contributed by atoms with Crippen LogP contribution in [0.3, 0.4) is 0 Å². The van der Waals surface area contributed by atoms with Gasteiger partial charge >= 0.3 is 0 Å². The fraction of sp³-hybridized carbons (Fsp3) is 0.0769. The van der Waals surface area contributed by atoms with Gasteiger partial charge in [0.05, 0.1) is 12.8 Å². The zero-order valence-corrected chi connectivity index (χ0v) is 9.38. The number of hydrogen-bond donors (Lipinski definition) is 1. The Kier molecular flexibility index (Phi) is 3.05. The average molecular weight is 228 g/mol. The zero-order chi connectivity index (χ0) is 12.3. The predicted octanol–water partition coefficient (Wildman–Crippen LogP) is 1.90. The number of aromatic nitrogens is 1. The number of pyridine rings is 1. The molecule has 0 saturated carbocycles. The highest BCUT2D eigenvalue weighted by atomic mass is 16.5. The van der Waals surface area contributed by atoms with Gasteiger partial charge in [-0.15, -0.1) is 0 Å². The summed E-state index contributed by atoms with van der Waals surface area (Å²) in [5.41, 5.74) is 7.10. The van der Waals surface area contributed by atoms with Crippen molar-refractivity contribution < 1.29 is 9.53 Å². The van der Waals surface area contributed by atoms with Crippen molar-refractivity contribution in [1.82, 2.24) is 4.98 Å². The smallest absolute Gasteiger partial charge is 0.211 e. The predicted molar refractivity (Wildman–Crippen MR) is 65.1 cm³/mol. The van der Waals surface area contributed by atoms with Crippen molar-refractivity contribution in [3.8, 4) is 5.75 Å². The van der Waals surface area contributed by atoms with Gasteiger partial charge in [0, 0.05) is 11.8 Å². The molecule has 1 aromatic carbocycles. The molecule has 0 radical (unpaired) electrons. The summed E-state index contributed by atoms with van der Waals surface area (Å²) in [6.07, 6.45) is 1.59. The van der Waals surface area contributed by atoms with Gasteiger partial charge in [-0.1, -0.05) is 6.07 Å². The Balaban J connectivity index is 2.38. The van der Waals surface area contributed by atoms with Gasteiger partial charge in [-0.3, -0.25) is 9.78 Å². The lowest BCUT2D eigenvalue weighted by Gasteiger charge is -2.06. The lowest BCUT2D eigenvalue weighted by Crippen LogP contribution is -2.04. The molecule has 0 aliphatic heterocycles. The molecule has 0 amide bonds. The van der Waals surface area contributed by atoms with Crippen molar-refractivity contribution in [2.75, 3.05) is 12.8 Å². The minimum Gasteiger partial charge on any atom is -0.495 e. The summed E-state index contributed by atoms with van der Waals surface area (Å²) in [7, 11) is 1.51. The van der Waals surface area contributed by atoms with Crippen LogP contribution in [0.2, 0.25) is 0 Å². The van der Waals surface area contributed by atoms with Crippen LogP contribution < -0.4 is 10.5 Å². The molecule has 0 bridgehead atoms. The molecular formula is C13H12N2O2. The Labute approximate surface area is 99.1 Å². The molecule has 4 nitrogen and oxygen atoms in total. The third-order valence-corrected chi connectivity index (χ3v) is 2.39. The van der Waals surface area contributed by atoms with E-state index in [1.807, 2.05) is 0 Å². The van der Waals surface area contributed by atoms with E-state index in [9.17, 15) is 4.79 Å². The largest absolute Gasteiger partial charge is 0.495 e. The van der Waals surface area contributed by atoms with Gasteiger partial charge in [-0.05, 0) is 30.3 Å². The van der Waals surface area contributed by atoms with Crippen LogP contribution in [0, 0.1) is 0 Å². The van der Waals surface area contributed by atoms with E-state index in [4.69, 9.17) is 10.5 Å². The van der Waals surface area contributed by atoms with E-state index in [0.29, 0.717) is 22.7 Å². The monoisotopic (exact) mass is 228 g/mol.